The normalized spacial score (nSPS) is 21.5. The average Bonchev–Trinajstić information content (AvgIpc) is 3.52. The molecule has 4 atom stereocenters. The molecule has 0 aromatic heterocycles. The van der Waals surface area contributed by atoms with Crippen LogP contribution in [0.15, 0.2) is 157 Å². The molecule has 1 saturated carbocycles. The van der Waals surface area contributed by atoms with Crippen LogP contribution in [0.5, 0.6) is 0 Å². The predicted molar refractivity (Wildman–Crippen MR) is 242 cm³/mol. The Hall–Kier alpha value is -4.27. The standard InChI is InChI=1S/2C25H19.C6H10.2ClH.Hf/c2*1-2-17-14-18-10-7-13-23(24(18)15-17)25-21-11-5-3-8-19(21)16-20-9-4-6-12-22(20)25;1-2-4-6-5-3-1;;;/h2*3-16H,2H2,1H3;1-2H,3-6H2;2*1H;/q;;;;;+2/p-2. The first kappa shape index (κ1) is 38.9. The van der Waals surface area contributed by atoms with Gasteiger partial charge in [0.15, 0.2) is 0 Å². The van der Waals surface area contributed by atoms with Crippen molar-refractivity contribution in [1.29, 1.82) is 0 Å². The topological polar surface area (TPSA) is 0 Å². The van der Waals surface area contributed by atoms with E-state index in [9.17, 15) is 0 Å². The number of hydrogen-bond acceptors (Lipinski definition) is 0. The Balaban J connectivity index is 0.00000210. The maximum atomic E-state index is 2.72. The Labute approximate surface area is 365 Å². The second kappa shape index (κ2) is 15.0. The van der Waals surface area contributed by atoms with Crippen LogP contribution in [0.1, 0.15) is 82.0 Å². The molecule has 0 N–H and O–H groups in total. The third-order valence-corrected chi connectivity index (χ3v) is 40.0. The molecule has 0 nitrogen and oxygen atoms in total. The molecular weight excluding hydrogens is 922 g/mol. The molecule has 12 rings (SSSR count). The molecular formula is C56H48Cl2Hf. The van der Waals surface area contributed by atoms with E-state index in [0.717, 1.165) is 20.2 Å². The van der Waals surface area contributed by atoms with E-state index in [-0.39, 0.29) is 24.8 Å². The number of rotatable bonds is 6. The smallest absolute Gasteiger partial charge is 1.00 e. The van der Waals surface area contributed by atoms with Crippen LogP contribution in [-0.4, -0.2) is 0 Å². The molecule has 1 aliphatic heterocycles. The fraction of sp³-hybridized carbons (Fsp3) is 0.214. The van der Waals surface area contributed by atoms with Gasteiger partial charge in [-0.25, -0.2) is 0 Å². The van der Waals surface area contributed by atoms with Crippen molar-refractivity contribution in [3.63, 3.8) is 0 Å². The monoisotopic (exact) mass is 970 g/mol. The summed E-state index contributed by atoms with van der Waals surface area (Å²) in [7, 11) is 0. The van der Waals surface area contributed by atoms with Gasteiger partial charge in [0, 0.05) is 0 Å². The molecule has 3 heteroatoms. The molecule has 0 radical (unpaired) electrons. The summed E-state index contributed by atoms with van der Waals surface area (Å²) in [6.07, 6.45) is 13.5. The zero-order valence-electron chi connectivity index (χ0n) is 33.8. The summed E-state index contributed by atoms with van der Waals surface area (Å²) in [6, 6.07) is 56.0. The van der Waals surface area contributed by atoms with Crippen molar-refractivity contribution in [2.24, 2.45) is 0 Å². The summed E-state index contributed by atoms with van der Waals surface area (Å²) in [5.41, 5.74) is 15.6. The molecule has 1 saturated heterocycles. The van der Waals surface area contributed by atoms with Gasteiger partial charge >= 0.3 is 344 Å². The number of fused-ring (bicyclic) bond motifs is 7. The van der Waals surface area contributed by atoms with Gasteiger partial charge in [-0.2, -0.15) is 0 Å². The minimum Gasteiger partial charge on any atom is -1.00 e. The summed E-state index contributed by atoms with van der Waals surface area (Å²) in [6.45, 7) is 4.93. The van der Waals surface area contributed by atoms with Gasteiger partial charge in [0.25, 0.3) is 0 Å². The Kier molecular flexibility index (Phi) is 9.90. The van der Waals surface area contributed by atoms with E-state index in [4.69, 9.17) is 0 Å². The van der Waals surface area contributed by atoms with Gasteiger partial charge in [-0.3, -0.25) is 0 Å². The van der Waals surface area contributed by atoms with E-state index in [1.165, 1.54) is 102 Å². The predicted octanol–water partition coefficient (Wildman–Crippen LogP) is 10.4. The molecule has 4 aliphatic rings. The van der Waals surface area contributed by atoms with E-state index < -0.39 is 20.0 Å². The third-order valence-electron chi connectivity index (χ3n) is 15.1. The zero-order chi connectivity index (χ0) is 37.8. The van der Waals surface area contributed by atoms with Crippen molar-refractivity contribution in [1.82, 2.24) is 0 Å². The van der Waals surface area contributed by atoms with E-state index in [0.29, 0.717) is 7.35 Å². The molecule has 3 aliphatic carbocycles. The van der Waals surface area contributed by atoms with Gasteiger partial charge in [0.05, 0.1) is 0 Å². The van der Waals surface area contributed by atoms with Crippen molar-refractivity contribution in [2.45, 2.75) is 67.1 Å². The van der Waals surface area contributed by atoms with Crippen LogP contribution in [0.3, 0.4) is 0 Å². The quantitative estimate of drug-likeness (QED) is 0.115. The summed E-state index contributed by atoms with van der Waals surface area (Å²) in [5.74, 6) is 0. The van der Waals surface area contributed by atoms with Gasteiger partial charge in [-0.15, -0.1) is 0 Å². The first-order chi connectivity index (χ1) is 28.2. The Morgan fingerprint density at radius 2 is 0.797 bits per heavy atom. The van der Waals surface area contributed by atoms with Crippen molar-refractivity contribution < 1.29 is 44.8 Å². The zero-order valence-corrected chi connectivity index (χ0v) is 38.9. The average molecular weight is 970 g/mol. The van der Waals surface area contributed by atoms with E-state index in [2.05, 4.69) is 172 Å². The molecule has 0 spiro atoms. The molecule has 8 aromatic carbocycles. The van der Waals surface area contributed by atoms with Crippen LogP contribution in [0.25, 0.3) is 77.5 Å². The SMILES string of the molecule is CCC1=Cc2c(-c3c4ccccc4cc4ccccc34)cccc2[CH]1[Hf+2]1([CH]2C(CC)=Cc3c(-c4c5ccccc5cc5ccccc45)cccc32)[CH]2CCCC[CH]21.[Cl-].[Cl-]. The second-order valence-corrected chi connectivity index (χ2v) is 34.2. The van der Waals surface area contributed by atoms with Crippen LogP contribution in [0.4, 0.5) is 0 Å². The first-order valence-electron chi connectivity index (χ1n) is 21.7. The van der Waals surface area contributed by atoms with Crippen LogP contribution in [0.2, 0.25) is 7.35 Å². The fourth-order valence-corrected chi connectivity index (χ4v) is 48.9. The molecule has 0 bridgehead atoms. The molecule has 4 unspecified atom stereocenters. The summed E-state index contributed by atoms with van der Waals surface area (Å²) in [5, 5.41) is 10.8. The minimum atomic E-state index is -3.39. The molecule has 1 heterocycles. The van der Waals surface area contributed by atoms with Crippen molar-refractivity contribution >= 4 is 55.2 Å². The van der Waals surface area contributed by atoms with Gasteiger partial charge in [-0.1, -0.05) is 0 Å². The Morgan fingerprint density at radius 1 is 0.441 bits per heavy atom. The largest absolute Gasteiger partial charge is 1.00 e. The number of halogens is 2. The second-order valence-electron chi connectivity index (χ2n) is 17.5. The van der Waals surface area contributed by atoms with E-state index in [1.54, 1.807) is 22.3 Å². The van der Waals surface area contributed by atoms with E-state index in [1.807, 2.05) is 0 Å². The number of benzene rings is 8. The Bertz CT molecular complexity index is 2730. The molecule has 59 heavy (non-hydrogen) atoms. The summed E-state index contributed by atoms with van der Waals surface area (Å²) < 4.78 is 3.21. The van der Waals surface area contributed by atoms with E-state index >= 15 is 0 Å². The van der Waals surface area contributed by atoms with Crippen LogP contribution < -0.4 is 24.8 Å². The molecule has 2 fully saturated rings. The summed E-state index contributed by atoms with van der Waals surface area (Å²) in [4.78, 5) is 0. The Morgan fingerprint density at radius 3 is 1.15 bits per heavy atom. The van der Waals surface area contributed by atoms with Crippen LogP contribution in [-0.2, 0) is 20.0 Å². The third kappa shape index (κ3) is 5.57. The van der Waals surface area contributed by atoms with Gasteiger partial charge < -0.3 is 24.8 Å². The van der Waals surface area contributed by atoms with Crippen molar-refractivity contribution in [2.75, 3.05) is 0 Å². The maximum absolute atomic E-state index is 3.39. The minimum absolute atomic E-state index is 0. The van der Waals surface area contributed by atoms with Crippen molar-refractivity contribution in [3.8, 4) is 22.3 Å². The summed E-state index contributed by atoms with van der Waals surface area (Å²) >= 11 is -3.39. The molecule has 0 amide bonds. The molecule has 290 valence electrons. The van der Waals surface area contributed by atoms with Gasteiger partial charge in [0.2, 0.25) is 0 Å². The first-order valence-corrected chi connectivity index (χ1v) is 30.0. The number of allylic oxidation sites excluding steroid dienone is 2. The van der Waals surface area contributed by atoms with Crippen LogP contribution >= 0.6 is 0 Å². The van der Waals surface area contributed by atoms with Gasteiger partial charge in [-0.05, 0) is 0 Å². The fourth-order valence-electron chi connectivity index (χ4n) is 13.0. The van der Waals surface area contributed by atoms with Crippen molar-refractivity contribution in [3.05, 3.63) is 179 Å². The number of hydrogen-bond donors (Lipinski definition) is 0. The maximum Gasteiger partial charge on any atom is -1.00 e. The van der Waals surface area contributed by atoms with Crippen LogP contribution in [0, 0.1) is 0 Å². The van der Waals surface area contributed by atoms with Gasteiger partial charge in [0.1, 0.15) is 0 Å². The molecule has 8 aromatic rings.